The number of halogens is 3. The molecule has 0 radical (unpaired) electrons. The number of alkyl halides is 3. The van der Waals surface area contributed by atoms with E-state index in [0.717, 1.165) is 11.1 Å². The largest absolute Gasteiger partial charge is 0.573 e. The number of carbonyl (C=O) groups excluding carboxylic acids is 1. The van der Waals surface area contributed by atoms with Crippen molar-refractivity contribution in [3.63, 3.8) is 0 Å². The minimum absolute atomic E-state index is 0.158. The topological polar surface area (TPSA) is 75.6 Å². The van der Waals surface area contributed by atoms with Gasteiger partial charge in [0.25, 0.3) is 0 Å². The van der Waals surface area contributed by atoms with Crippen LogP contribution < -0.4 is 10.1 Å². The second-order valence-corrected chi connectivity index (χ2v) is 5.79. The molecule has 0 fully saturated rings. The van der Waals surface area contributed by atoms with Crippen LogP contribution in [-0.4, -0.2) is 29.9 Å². The molecule has 0 atom stereocenters. The summed E-state index contributed by atoms with van der Waals surface area (Å²) in [5.41, 5.74) is 1.82. The molecule has 2 N–H and O–H groups in total. The average molecular weight is 381 g/mol. The molecule has 1 amide bonds. The Hall–Kier alpha value is -3.03. The van der Waals surface area contributed by atoms with Crippen molar-refractivity contribution in [1.82, 2.24) is 5.32 Å². The highest BCUT2D eigenvalue weighted by molar-refractivity contribution is 5.87. The third-order valence-electron chi connectivity index (χ3n) is 3.73. The van der Waals surface area contributed by atoms with Gasteiger partial charge in [0.05, 0.1) is 5.56 Å². The van der Waals surface area contributed by atoms with E-state index in [-0.39, 0.29) is 23.6 Å². The van der Waals surface area contributed by atoms with Crippen LogP contribution in [0, 0.1) is 0 Å². The second-order valence-electron chi connectivity index (χ2n) is 5.79. The first-order valence-electron chi connectivity index (χ1n) is 8.16. The summed E-state index contributed by atoms with van der Waals surface area (Å²) in [6.45, 7) is 0.357. The lowest BCUT2D eigenvalue weighted by molar-refractivity contribution is -0.274. The quantitative estimate of drug-likeness (QED) is 0.733. The van der Waals surface area contributed by atoms with Gasteiger partial charge in [0.2, 0.25) is 5.91 Å². The Bertz CT molecular complexity index is 771. The number of ether oxygens (including phenoxy) is 1. The summed E-state index contributed by atoms with van der Waals surface area (Å²) in [6, 6.07) is 11.8. The molecule has 0 spiro atoms. The molecular weight excluding hydrogens is 363 g/mol. The minimum Gasteiger partial charge on any atom is -0.478 e. The van der Waals surface area contributed by atoms with Crippen LogP contribution >= 0.6 is 0 Å². The van der Waals surface area contributed by atoms with Gasteiger partial charge in [-0.3, -0.25) is 4.79 Å². The molecule has 0 heterocycles. The van der Waals surface area contributed by atoms with Crippen molar-refractivity contribution < 1.29 is 32.6 Å². The van der Waals surface area contributed by atoms with E-state index in [1.54, 1.807) is 12.1 Å². The molecule has 27 heavy (non-hydrogen) atoms. The van der Waals surface area contributed by atoms with E-state index in [9.17, 15) is 22.8 Å². The maximum Gasteiger partial charge on any atom is 0.573 e. The van der Waals surface area contributed by atoms with E-state index < -0.39 is 12.3 Å². The number of carboxylic acids is 1. The number of rotatable bonds is 8. The van der Waals surface area contributed by atoms with Gasteiger partial charge < -0.3 is 15.2 Å². The van der Waals surface area contributed by atoms with E-state index in [0.29, 0.717) is 19.4 Å². The maximum absolute atomic E-state index is 12.1. The highest BCUT2D eigenvalue weighted by Gasteiger charge is 2.30. The zero-order valence-electron chi connectivity index (χ0n) is 14.3. The lowest BCUT2D eigenvalue weighted by atomic mass is 10.1. The summed E-state index contributed by atoms with van der Waals surface area (Å²) in [6.07, 6.45) is -3.51. The van der Waals surface area contributed by atoms with Crippen LogP contribution in [0.1, 0.15) is 27.9 Å². The van der Waals surface area contributed by atoms with Crippen LogP contribution in [0.3, 0.4) is 0 Å². The number of benzene rings is 2. The maximum atomic E-state index is 12.1. The molecule has 144 valence electrons. The number of hydrogen-bond acceptors (Lipinski definition) is 3. The molecule has 0 aliphatic heterocycles. The van der Waals surface area contributed by atoms with Crippen molar-refractivity contribution in [2.45, 2.75) is 25.6 Å². The first kappa shape index (κ1) is 20.3. The number of aromatic carboxylic acids is 1. The van der Waals surface area contributed by atoms with Crippen molar-refractivity contribution in [2.75, 3.05) is 6.54 Å². The predicted molar refractivity (Wildman–Crippen MR) is 91.6 cm³/mol. The molecule has 0 aromatic heterocycles. The van der Waals surface area contributed by atoms with Crippen molar-refractivity contribution >= 4 is 11.9 Å². The molecule has 0 bridgehead atoms. The molecule has 0 saturated carbocycles. The van der Waals surface area contributed by atoms with Gasteiger partial charge in [0, 0.05) is 13.0 Å². The molecule has 0 unspecified atom stereocenters. The first-order valence-corrected chi connectivity index (χ1v) is 8.16. The van der Waals surface area contributed by atoms with Crippen LogP contribution in [0.15, 0.2) is 48.5 Å². The Kier molecular flexibility index (Phi) is 6.81. The summed E-state index contributed by atoms with van der Waals surface area (Å²) in [7, 11) is 0. The zero-order chi connectivity index (χ0) is 19.9. The Morgan fingerprint density at radius 2 is 1.48 bits per heavy atom. The monoisotopic (exact) mass is 381 g/mol. The third-order valence-corrected chi connectivity index (χ3v) is 3.73. The Labute approximate surface area is 153 Å². The summed E-state index contributed by atoms with van der Waals surface area (Å²) < 4.78 is 40.1. The molecule has 0 aliphatic carbocycles. The number of carboxylic acid groups (broad SMARTS) is 1. The fraction of sp³-hybridized carbons (Fsp3) is 0.263. The highest BCUT2D eigenvalue weighted by atomic mass is 19.4. The van der Waals surface area contributed by atoms with Gasteiger partial charge in [0.1, 0.15) is 5.75 Å². The van der Waals surface area contributed by atoms with E-state index >= 15 is 0 Å². The standard InChI is InChI=1S/C19H18F3NO4/c20-19(21,22)27-16-8-3-14(4-9-16)11-12-23-17(24)10-5-13-1-6-15(7-2-13)18(25)26/h1-4,6-9H,5,10-12H2,(H,23,24)(H,25,26). The number of carbonyl (C=O) groups is 2. The van der Waals surface area contributed by atoms with E-state index in [1.165, 1.54) is 36.4 Å². The summed E-state index contributed by atoms with van der Waals surface area (Å²) in [5, 5.41) is 11.6. The molecule has 5 nitrogen and oxygen atoms in total. The molecule has 2 rings (SSSR count). The smallest absolute Gasteiger partial charge is 0.478 e. The SMILES string of the molecule is O=C(CCc1ccc(C(=O)O)cc1)NCCc1ccc(OC(F)(F)F)cc1. The fourth-order valence-corrected chi connectivity index (χ4v) is 2.36. The third kappa shape index (κ3) is 7.39. The van der Waals surface area contributed by atoms with Gasteiger partial charge in [-0.05, 0) is 48.2 Å². The molecule has 8 heteroatoms. The van der Waals surface area contributed by atoms with E-state index in [1.807, 2.05) is 0 Å². The summed E-state index contributed by atoms with van der Waals surface area (Å²) in [4.78, 5) is 22.6. The van der Waals surface area contributed by atoms with Gasteiger partial charge >= 0.3 is 12.3 Å². The Morgan fingerprint density at radius 1 is 0.926 bits per heavy atom. The van der Waals surface area contributed by atoms with Gasteiger partial charge in [-0.1, -0.05) is 24.3 Å². The number of amides is 1. The number of aryl methyl sites for hydroxylation is 1. The average Bonchev–Trinajstić information content (AvgIpc) is 2.60. The second kappa shape index (κ2) is 9.07. The van der Waals surface area contributed by atoms with Crippen LogP contribution in [0.5, 0.6) is 5.75 Å². The van der Waals surface area contributed by atoms with Gasteiger partial charge in [-0.25, -0.2) is 4.79 Å². The minimum atomic E-state index is -4.72. The number of hydrogen-bond donors (Lipinski definition) is 2. The summed E-state index contributed by atoms with van der Waals surface area (Å²) in [5.74, 6) is -1.45. The van der Waals surface area contributed by atoms with Crippen LogP contribution in [0.2, 0.25) is 0 Å². The van der Waals surface area contributed by atoms with Gasteiger partial charge in [-0.15, -0.1) is 13.2 Å². The lowest BCUT2D eigenvalue weighted by Gasteiger charge is -2.09. The molecule has 0 saturated heterocycles. The van der Waals surface area contributed by atoms with Crippen LogP contribution in [0.25, 0.3) is 0 Å². The number of nitrogens with one attached hydrogen (secondary N) is 1. The lowest BCUT2D eigenvalue weighted by Crippen LogP contribution is -2.25. The Morgan fingerprint density at radius 3 is 2.04 bits per heavy atom. The van der Waals surface area contributed by atoms with Gasteiger partial charge in [-0.2, -0.15) is 0 Å². The van der Waals surface area contributed by atoms with Gasteiger partial charge in [0.15, 0.2) is 0 Å². The predicted octanol–water partition coefficient (Wildman–Crippen LogP) is 3.57. The van der Waals surface area contributed by atoms with Crippen molar-refractivity contribution in [1.29, 1.82) is 0 Å². The molecule has 0 aliphatic rings. The van der Waals surface area contributed by atoms with E-state index in [2.05, 4.69) is 10.1 Å². The van der Waals surface area contributed by atoms with Crippen LogP contribution in [0.4, 0.5) is 13.2 Å². The Balaban J connectivity index is 1.70. The van der Waals surface area contributed by atoms with Crippen LogP contribution in [-0.2, 0) is 17.6 Å². The first-order chi connectivity index (χ1) is 12.7. The van der Waals surface area contributed by atoms with E-state index in [4.69, 9.17) is 5.11 Å². The molecular formula is C19H18F3NO4. The van der Waals surface area contributed by atoms with Crippen molar-refractivity contribution in [2.24, 2.45) is 0 Å². The van der Waals surface area contributed by atoms with Crippen molar-refractivity contribution in [3.8, 4) is 5.75 Å². The molecule has 2 aromatic carbocycles. The summed E-state index contributed by atoms with van der Waals surface area (Å²) >= 11 is 0. The normalized spacial score (nSPS) is 11.1. The molecule has 2 aromatic rings. The zero-order valence-corrected chi connectivity index (χ0v) is 14.3. The highest BCUT2D eigenvalue weighted by Crippen LogP contribution is 2.22. The van der Waals surface area contributed by atoms with Crippen molar-refractivity contribution in [3.05, 3.63) is 65.2 Å². The fourth-order valence-electron chi connectivity index (χ4n) is 2.36.